The number of anilines is 1. The molecule has 3 heterocycles. The molecule has 2 aromatic heterocycles. The predicted molar refractivity (Wildman–Crippen MR) is 159 cm³/mol. The van der Waals surface area contributed by atoms with Crippen molar-refractivity contribution in [2.24, 2.45) is 0 Å². The summed E-state index contributed by atoms with van der Waals surface area (Å²) in [5, 5.41) is 8.16. The average Bonchev–Trinajstić information content (AvgIpc) is 3.58. The van der Waals surface area contributed by atoms with E-state index in [2.05, 4.69) is 66.3 Å². The molecule has 3 aromatic carbocycles. The third kappa shape index (κ3) is 4.71. The van der Waals surface area contributed by atoms with Crippen molar-refractivity contribution in [3.05, 3.63) is 119 Å². The molecule has 0 aliphatic carbocycles. The first-order valence-corrected chi connectivity index (χ1v) is 13.7. The zero-order chi connectivity index (χ0) is 28.5. The van der Waals surface area contributed by atoms with Gasteiger partial charge in [0.15, 0.2) is 0 Å². The van der Waals surface area contributed by atoms with Crippen LogP contribution in [0.3, 0.4) is 0 Å². The maximum absolute atomic E-state index is 14.3. The van der Waals surface area contributed by atoms with Crippen molar-refractivity contribution in [3.8, 4) is 23.0 Å². The molecule has 208 valence electrons. The number of methoxy groups -OCH3 is 2. The highest BCUT2D eigenvalue weighted by molar-refractivity contribution is 5.92. The minimum Gasteiger partial charge on any atom is -0.497 e. The molecule has 1 unspecified atom stereocenters. The summed E-state index contributed by atoms with van der Waals surface area (Å²) in [6.07, 6.45) is 2.79. The lowest BCUT2D eigenvalue weighted by atomic mass is 10.00. The molecule has 5 aromatic rings. The number of carbonyl (C=O) groups excluding carboxylic acids is 1. The van der Waals surface area contributed by atoms with E-state index in [1.54, 1.807) is 32.4 Å². The maximum Gasteiger partial charge on any atom is 0.323 e. The minimum absolute atomic E-state index is 0.241. The van der Waals surface area contributed by atoms with Crippen molar-refractivity contribution in [2.45, 2.75) is 32.9 Å². The summed E-state index contributed by atoms with van der Waals surface area (Å²) in [5.74, 6) is 2.12. The van der Waals surface area contributed by atoms with Crippen LogP contribution in [0.25, 0.3) is 11.5 Å². The van der Waals surface area contributed by atoms with Crippen LogP contribution in [0.15, 0.2) is 91.1 Å². The highest BCUT2D eigenvalue weighted by Gasteiger charge is 2.36. The van der Waals surface area contributed by atoms with E-state index in [0.717, 1.165) is 46.0 Å². The molecular weight excluding hydrogens is 514 g/mol. The van der Waals surface area contributed by atoms with Gasteiger partial charge in [0.2, 0.25) is 0 Å². The Balaban J connectivity index is 1.53. The molecule has 2 amide bonds. The summed E-state index contributed by atoms with van der Waals surface area (Å²) in [7, 11) is 3.18. The van der Waals surface area contributed by atoms with Crippen LogP contribution in [0.4, 0.5) is 10.5 Å². The number of fused-ring (bicyclic) bond motifs is 3. The predicted octanol–water partition coefficient (Wildman–Crippen LogP) is 6.69. The van der Waals surface area contributed by atoms with Gasteiger partial charge >= 0.3 is 6.03 Å². The molecule has 8 heteroatoms. The molecule has 1 N–H and O–H groups in total. The molecule has 8 nitrogen and oxygen atoms in total. The van der Waals surface area contributed by atoms with Crippen LogP contribution >= 0.6 is 0 Å². The van der Waals surface area contributed by atoms with Gasteiger partial charge in [-0.05, 0) is 55.3 Å². The lowest BCUT2D eigenvalue weighted by Crippen LogP contribution is -2.38. The number of urea groups is 1. The fraction of sp³-hybridized carbons (Fsp3) is 0.212. The van der Waals surface area contributed by atoms with E-state index in [9.17, 15) is 4.79 Å². The van der Waals surface area contributed by atoms with E-state index in [1.165, 1.54) is 0 Å². The van der Waals surface area contributed by atoms with E-state index in [4.69, 9.17) is 14.6 Å². The number of aryl methyl sites for hydroxylation is 2. The highest BCUT2D eigenvalue weighted by atomic mass is 16.5. The molecule has 0 bridgehead atoms. The van der Waals surface area contributed by atoms with E-state index >= 15 is 0 Å². The number of ether oxygens (including phenoxy) is 2. The lowest BCUT2D eigenvalue weighted by molar-refractivity contribution is 0.194. The van der Waals surface area contributed by atoms with Gasteiger partial charge in [0.1, 0.15) is 17.3 Å². The van der Waals surface area contributed by atoms with Crippen molar-refractivity contribution in [1.29, 1.82) is 0 Å². The van der Waals surface area contributed by atoms with Crippen molar-refractivity contribution in [3.63, 3.8) is 0 Å². The van der Waals surface area contributed by atoms with Crippen LogP contribution in [0, 0.1) is 6.92 Å². The van der Waals surface area contributed by atoms with E-state index in [-0.39, 0.29) is 12.1 Å². The van der Waals surface area contributed by atoms with Gasteiger partial charge in [-0.1, -0.05) is 55.0 Å². The molecule has 0 fully saturated rings. The zero-order valence-electron chi connectivity index (χ0n) is 23.7. The van der Waals surface area contributed by atoms with Crippen molar-refractivity contribution >= 4 is 11.7 Å². The largest absolute Gasteiger partial charge is 0.497 e. The molecule has 0 radical (unpaired) electrons. The van der Waals surface area contributed by atoms with Gasteiger partial charge in [0.05, 0.1) is 49.6 Å². The first kappa shape index (κ1) is 26.3. The number of nitrogens with one attached hydrogen (secondary N) is 1. The van der Waals surface area contributed by atoms with Crippen LogP contribution in [0.1, 0.15) is 41.0 Å². The fourth-order valence-electron chi connectivity index (χ4n) is 5.63. The molecular formula is C33H33N5O3. The van der Waals surface area contributed by atoms with Gasteiger partial charge in [-0.2, -0.15) is 5.10 Å². The first-order chi connectivity index (χ1) is 20.0. The van der Waals surface area contributed by atoms with Crippen molar-refractivity contribution in [2.75, 3.05) is 19.5 Å². The standard InChI is InChI=1S/C33H33N5O3/c1-5-27-26-21-37(33(39)34-28-17-16-25(40-3)20-30(28)41-4)31(23-12-9-11-22(2)19-23)29-15-10-18-36(29)32(26)38(35-27)24-13-7-6-8-14-24/h6-20,31H,5,21H2,1-4H3,(H,34,39). The number of amides is 2. The molecule has 0 spiro atoms. The number of rotatable bonds is 6. The molecule has 1 aliphatic heterocycles. The number of nitrogens with zero attached hydrogens (tertiary/aromatic N) is 4. The Bertz CT molecular complexity index is 1710. The zero-order valence-corrected chi connectivity index (χ0v) is 23.7. The number of benzene rings is 3. The molecule has 0 saturated carbocycles. The van der Waals surface area contributed by atoms with E-state index in [0.29, 0.717) is 23.7 Å². The summed E-state index contributed by atoms with van der Waals surface area (Å²) < 4.78 is 15.1. The van der Waals surface area contributed by atoms with Crippen LogP contribution in [0.2, 0.25) is 0 Å². The van der Waals surface area contributed by atoms with Crippen molar-refractivity contribution in [1.82, 2.24) is 19.2 Å². The van der Waals surface area contributed by atoms with Crippen LogP contribution in [0.5, 0.6) is 11.5 Å². The number of hydrogen-bond donors (Lipinski definition) is 1. The fourth-order valence-corrected chi connectivity index (χ4v) is 5.63. The van der Waals surface area contributed by atoms with E-state index < -0.39 is 0 Å². The second-order valence-corrected chi connectivity index (χ2v) is 10.1. The quantitative estimate of drug-likeness (QED) is 0.257. The lowest BCUT2D eigenvalue weighted by Gasteiger charge is -2.31. The average molecular weight is 548 g/mol. The van der Waals surface area contributed by atoms with Crippen molar-refractivity contribution < 1.29 is 14.3 Å². The SMILES string of the molecule is CCc1nn(-c2ccccc2)c2c1CN(C(=O)Nc1ccc(OC)cc1OC)C(c1cccc(C)c1)c1cccn1-2. The Hall–Kier alpha value is -4.98. The summed E-state index contributed by atoms with van der Waals surface area (Å²) >= 11 is 0. The van der Waals surface area contributed by atoms with Crippen LogP contribution < -0.4 is 14.8 Å². The number of para-hydroxylation sites is 1. The van der Waals surface area contributed by atoms with Gasteiger partial charge in [0.25, 0.3) is 0 Å². The Kier molecular flexibility index (Phi) is 6.97. The van der Waals surface area contributed by atoms with Gasteiger partial charge in [-0.25, -0.2) is 9.48 Å². The Labute approximate surface area is 239 Å². The summed E-state index contributed by atoms with van der Waals surface area (Å²) in [6, 6.07) is 27.4. The van der Waals surface area contributed by atoms with E-state index in [1.807, 2.05) is 39.9 Å². The molecule has 1 atom stereocenters. The Morgan fingerprint density at radius 2 is 1.80 bits per heavy atom. The summed E-state index contributed by atoms with van der Waals surface area (Å²) in [6.45, 7) is 4.54. The summed E-state index contributed by atoms with van der Waals surface area (Å²) in [4.78, 5) is 16.2. The Morgan fingerprint density at radius 1 is 0.976 bits per heavy atom. The minimum atomic E-state index is -0.351. The van der Waals surface area contributed by atoms with Gasteiger partial charge in [0, 0.05) is 17.8 Å². The summed E-state index contributed by atoms with van der Waals surface area (Å²) in [5.41, 5.74) is 6.64. The first-order valence-electron chi connectivity index (χ1n) is 13.7. The molecule has 6 rings (SSSR count). The van der Waals surface area contributed by atoms with Crippen LogP contribution in [-0.2, 0) is 13.0 Å². The number of hydrogen-bond acceptors (Lipinski definition) is 4. The number of aromatic nitrogens is 3. The molecule has 1 aliphatic rings. The van der Waals surface area contributed by atoms with Gasteiger partial charge in [-0.15, -0.1) is 0 Å². The number of carbonyl (C=O) groups is 1. The topological polar surface area (TPSA) is 73.6 Å². The second kappa shape index (κ2) is 10.9. The third-order valence-corrected chi connectivity index (χ3v) is 7.57. The normalized spacial score (nSPS) is 14.1. The molecule has 0 saturated heterocycles. The maximum atomic E-state index is 14.3. The Morgan fingerprint density at radius 3 is 2.54 bits per heavy atom. The monoisotopic (exact) mass is 547 g/mol. The highest BCUT2D eigenvalue weighted by Crippen LogP contribution is 2.39. The smallest absolute Gasteiger partial charge is 0.323 e. The van der Waals surface area contributed by atoms with Gasteiger partial charge < -0.3 is 24.3 Å². The second-order valence-electron chi connectivity index (χ2n) is 10.1. The third-order valence-electron chi connectivity index (χ3n) is 7.57. The van der Waals surface area contributed by atoms with Crippen LogP contribution in [-0.4, -0.2) is 39.5 Å². The molecule has 41 heavy (non-hydrogen) atoms. The van der Waals surface area contributed by atoms with Gasteiger partial charge in [-0.3, -0.25) is 0 Å².